The third-order valence-corrected chi connectivity index (χ3v) is 5.32. The summed E-state index contributed by atoms with van der Waals surface area (Å²) >= 11 is 0. The fraction of sp³-hybridized carbons (Fsp3) is 0.583. The molecule has 1 saturated heterocycles. The van der Waals surface area contributed by atoms with E-state index >= 15 is 0 Å². The van der Waals surface area contributed by atoms with Crippen molar-refractivity contribution < 1.29 is 13.2 Å². The van der Waals surface area contributed by atoms with E-state index in [0.29, 0.717) is 30.9 Å². The zero-order valence-corrected chi connectivity index (χ0v) is 12.9. The van der Waals surface area contributed by atoms with E-state index in [1.54, 1.807) is 19.9 Å². The number of nitrogens with one attached hydrogen (secondary N) is 2. The van der Waals surface area contributed by atoms with Crippen molar-refractivity contribution in [2.45, 2.75) is 25.5 Å². The quantitative estimate of drug-likeness (QED) is 0.833. The summed E-state index contributed by atoms with van der Waals surface area (Å²) in [4.78, 5) is 13.6. The number of hydrogen-bond donors (Lipinski definition) is 2. The van der Waals surface area contributed by atoms with Gasteiger partial charge in [-0.3, -0.25) is 0 Å². The fourth-order valence-corrected chi connectivity index (χ4v) is 3.64. The lowest BCUT2D eigenvalue weighted by Gasteiger charge is -2.18. The summed E-state index contributed by atoms with van der Waals surface area (Å²) in [6, 6.07) is 1.34. The molecule has 1 fully saturated rings. The third-order valence-electron chi connectivity index (χ3n) is 3.36. The Morgan fingerprint density at radius 2 is 2.29 bits per heavy atom. The molecule has 0 bridgehead atoms. The Hall–Kier alpha value is -1.74. The van der Waals surface area contributed by atoms with Gasteiger partial charge in [0.1, 0.15) is 0 Å². The maximum Gasteiger partial charge on any atom is 0.321 e. The second kappa shape index (κ2) is 6.35. The Labute approximate surface area is 124 Å². The first-order chi connectivity index (χ1) is 9.94. The van der Waals surface area contributed by atoms with Crippen molar-refractivity contribution >= 4 is 21.7 Å². The number of rotatable bonds is 4. The molecule has 0 aromatic carbocycles. The minimum Gasteiger partial charge on any atom is -0.323 e. The fourth-order valence-electron chi connectivity index (χ4n) is 2.21. The van der Waals surface area contributed by atoms with Crippen LogP contribution in [0.25, 0.3) is 0 Å². The van der Waals surface area contributed by atoms with Crippen molar-refractivity contribution in [3.63, 3.8) is 0 Å². The molecule has 116 valence electrons. The molecule has 1 unspecified atom stereocenters. The predicted octanol–water partition coefficient (Wildman–Crippen LogP) is 0.331. The van der Waals surface area contributed by atoms with Crippen LogP contribution in [0.15, 0.2) is 12.3 Å². The number of anilines is 1. The molecule has 0 spiro atoms. The summed E-state index contributed by atoms with van der Waals surface area (Å²) in [5.74, 6) is 0. The van der Waals surface area contributed by atoms with Crippen LogP contribution in [0.2, 0.25) is 0 Å². The second-order valence-corrected chi connectivity index (χ2v) is 6.91. The molecule has 1 aliphatic rings. The van der Waals surface area contributed by atoms with Crippen LogP contribution in [0.4, 0.5) is 10.5 Å². The number of amides is 2. The third kappa shape index (κ3) is 3.67. The van der Waals surface area contributed by atoms with Gasteiger partial charge in [-0.2, -0.15) is 10.2 Å². The van der Waals surface area contributed by atoms with Gasteiger partial charge < -0.3 is 10.2 Å². The molecule has 9 heteroatoms. The van der Waals surface area contributed by atoms with Crippen molar-refractivity contribution in [2.24, 2.45) is 0 Å². The minimum atomic E-state index is -3.35. The summed E-state index contributed by atoms with van der Waals surface area (Å²) in [5.41, 5.74) is 1.19. The molecule has 21 heavy (non-hydrogen) atoms. The SMILES string of the molecule is CCNS(=O)(=O)C1CCN(C(=O)Nc2ccnnc2C)C1. The highest BCUT2D eigenvalue weighted by Gasteiger charge is 2.34. The molecule has 1 aliphatic heterocycles. The summed E-state index contributed by atoms with van der Waals surface area (Å²) in [7, 11) is -3.35. The van der Waals surface area contributed by atoms with Gasteiger partial charge in [-0.1, -0.05) is 6.92 Å². The van der Waals surface area contributed by atoms with Gasteiger partial charge in [0, 0.05) is 19.6 Å². The van der Waals surface area contributed by atoms with E-state index in [4.69, 9.17) is 0 Å². The number of sulfonamides is 1. The molecule has 2 N–H and O–H groups in total. The molecule has 0 radical (unpaired) electrons. The molecule has 1 aromatic heterocycles. The lowest BCUT2D eigenvalue weighted by atomic mass is 10.3. The number of aryl methyl sites for hydroxylation is 1. The van der Waals surface area contributed by atoms with E-state index in [-0.39, 0.29) is 12.6 Å². The Morgan fingerprint density at radius 1 is 1.52 bits per heavy atom. The van der Waals surface area contributed by atoms with Gasteiger partial charge in [-0.25, -0.2) is 17.9 Å². The lowest BCUT2D eigenvalue weighted by Crippen LogP contribution is -2.39. The number of likely N-dealkylation sites (tertiary alicyclic amines) is 1. The molecular formula is C12H19N5O3S. The molecule has 1 aromatic rings. The number of nitrogens with zero attached hydrogens (tertiary/aromatic N) is 3. The average Bonchev–Trinajstić information content (AvgIpc) is 2.92. The van der Waals surface area contributed by atoms with Crippen LogP contribution in [0.3, 0.4) is 0 Å². The number of urea groups is 1. The normalized spacial score (nSPS) is 18.8. The summed E-state index contributed by atoms with van der Waals surface area (Å²) in [6.07, 6.45) is 1.93. The minimum absolute atomic E-state index is 0.193. The first-order valence-electron chi connectivity index (χ1n) is 6.76. The first kappa shape index (κ1) is 15.6. The molecule has 0 saturated carbocycles. The number of carbonyl (C=O) groups is 1. The van der Waals surface area contributed by atoms with Gasteiger partial charge in [0.15, 0.2) is 0 Å². The Bertz CT molecular complexity index is 619. The second-order valence-electron chi connectivity index (χ2n) is 4.86. The molecule has 8 nitrogen and oxygen atoms in total. The van der Waals surface area contributed by atoms with E-state index < -0.39 is 15.3 Å². The monoisotopic (exact) mass is 313 g/mol. The van der Waals surface area contributed by atoms with Crippen molar-refractivity contribution in [2.75, 3.05) is 25.0 Å². The molecule has 1 atom stereocenters. The van der Waals surface area contributed by atoms with E-state index in [2.05, 4.69) is 20.2 Å². The van der Waals surface area contributed by atoms with E-state index in [1.807, 2.05) is 0 Å². The standard InChI is InChI=1S/C12H19N5O3S/c1-3-14-21(19,20)10-5-7-17(8-10)12(18)15-11-4-6-13-16-9(11)2/h4,6,10,14H,3,5,7-8H2,1-2H3,(H,13,15,18). The van der Waals surface area contributed by atoms with Gasteiger partial charge in [0.05, 0.1) is 22.8 Å². The van der Waals surface area contributed by atoms with Crippen molar-refractivity contribution in [3.05, 3.63) is 18.0 Å². The predicted molar refractivity (Wildman–Crippen MR) is 78.4 cm³/mol. The van der Waals surface area contributed by atoms with Crippen LogP contribution >= 0.6 is 0 Å². The van der Waals surface area contributed by atoms with E-state index in [9.17, 15) is 13.2 Å². The van der Waals surface area contributed by atoms with Crippen LogP contribution in [-0.4, -0.2) is 54.4 Å². The molecule has 0 aliphatic carbocycles. The van der Waals surface area contributed by atoms with Gasteiger partial charge in [0.25, 0.3) is 0 Å². The van der Waals surface area contributed by atoms with E-state index in [1.165, 1.54) is 11.1 Å². The Balaban J connectivity index is 1.98. The smallest absolute Gasteiger partial charge is 0.321 e. The zero-order valence-electron chi connectivity index (χ0n) is 12.0. The van der Waals surface area contributed by atoms with Crippen LogP contribution < -0.4 is 10.0 Å². The Morgan fingerprint density at radius 3 is 2.95 bits per heavy atom. The van der Waals surface area contributed by atoms with Crippen LogP contribution in [-0.2, 0) is 10.0 Å². The molecule has 2 rings (SSSR count). The summed E-state index contributed by atoms with van der Waals surface area (Å²) in [6.45, 7) is 4.44. The lowest BCUT2D eigenvalue weighted by molar-refractivity contribution is 0.222. The first-order valence-corrected chi connectivity index (χ1v) is 8.31. The van der Waals surface area contributed by atoms with Crippen LogP contribution in [0.1, 0.15) is 19.0 Å². The van der Waals surface area contributed by atoms with E-state index in [0.717, 1.165) is 0 Å². The Kier molecular flexibility index (Phi) is 4.73. The van der Waals surface area contributed by atoms with Gasteiger partial charge >= 0.3 is 6.03 Å². The van der Waals surface area contributed by atoms with Crippen molar-refractivity contribution in [3.8, 4) is 0 Å². The summed E-state index contributed by atoms with van der Waals surface area (Å²) < 4.78 is 26.3. The molecule has 2 heterocycles. The highest BCUT2D eigenvalue weighted by molar-refractivity contribution is 7.90. The maximum atomic E-state index is 12.1. The van der Waals surface area contributed by atoms with Crippen molar-refractivity contribution in [1.29, 1.82) is 0 Å². The molecular weight excluding hydrogens is 294 g/mol. The highest BCUT2D eigenvalue weighted by Crippen LogP contribution is 2.18. The maximum absolute atomic E-state index is 12.1. The average molecular weight is 313 g/mol. The van der Waals surface area contributed by atoms with Crippen LogP contribution in [0.5, 0.6) is 0 Å². The zero-order chi connectivity index (χ0) is 15.5. The van der Waals surface area contributed by atoms with Gasteiger partial charge in [-0.15, -0.1) is 0 Å². The van der Waals surface area contributed by atoms with Crippen molar-refractivity contribution in [1.82, 2.24) is 19.8 Å². The van der Waals surface area contributed by atoms with Crippen LogP contribution in [0, 0.1) is 6.92 Å². The highest BCUT2D eigenvalue weighted by atomic mass is 32.2. The number of carbonyl (C=O) groups excluding carboxylic acids is 1. The summed E-state index contributed by atoms with van der Waals surface area (Å²) in [5, 5.41) is 9.73. The molecule has 2 amide bonds. The number of hydrogen-bond acceptors (Lipinski definition) is 5. The van der Waals surface area contributed by atoms with Gasteiger partial charge in [0.2, 0.25) is 10.0 Å². The van der Waals surface area contributed by atoms with Gasteiger partial charge in [-0.05, 0) is 19.4 Å². The largest absolute Gasteiger partial charge is 0.323 e. The number of aromatic nitrogens is 2. The topological polar surface area (TPSA) is 104 Å².